The molecule has 0 aliphatic carbocycles. The molecule has 324 valence electrons. The van der Waals surface area contributed by atoms with Crippen LogP contribution < -0.4 is 21.4 Å². The molecule has 0 atom stereocenters. The van der Waals surface area contributed by atoms with E-state index in [0.29, 0.717) is 0 Å². The molecule has 20 heteroatoms. The van der Waals surface area contributed by atoms with Gasteiger partial charge in [-0.25, -0.2) is 0 Å². The van der Waals surface area contributed by atoms with E-state index in [1.807, 2.05) is 0 Å². The number of hydrogen-bond acceptors (Lipinski definition) is 8. The molecule has 0 amide bonds. The summed E-state index contributed by atoms with van der Waals surface area (Å²) >= 11 is 0. The molecule has 0 radical (unpaired) electrons. The van der Waals surface area contributed by atoms with Crippen LogP contribution in [0.4, 0.5) is 0 Å². The van der Waals surface area contributed by atoms with Gasteiger partial charge in [0.15, 0.2) is 0 Å². The highest BCUT2D eigenvalue weighted by Gasteiger charge is 2.38. The first-order valence-corrected chi connectivity index (χ1v) is 24.6. The van der Waals surface area contributed by atoms with Crippen molar-refractivity contribution in [3.05, 3.63) is 196 Å². The van der Waals surface area contributed by atoms with Crippen molar-refractivity contribution in [3.8, 4) is 39.1 Å². The number of rotatable bonds is 8. The summed E-state index contributed by atoms with van der Waals surface area (Å²) in [6.45, 7) is 0. The maximum absolute atomic E-state index is 14.6. The molecule has 7 N–H and O–H groups in total. The van der Waals surface area contributed by atoms with Crippen LogP contribution in [0.3, 0.4) is 0 Å². The summed E-state index contributed by atoms with van der Waals surface area (Å²) in [5.41, 5.74) is -0.827. The first-order valence-electron chi connectivity index (χ1n) is 18.8. The molecule has 0 spiro atoms. The molecule has 4 aromatic carbocycles. The summed E-state index contributed by atoms with van der Waals surface area (Å²) in [6, 6.07) is 37.6. The van der Waals surface area contributed by atoms with E-state index < -0.39 is 92.9 Å². The molecule has 4 aromatic heterocycles. The first-order chi connectivity index (χ1) is 30.3. The average molecular weight is 937 g/mol. The zero-order chi connectivity index (χ0) is 45.3. The zero-order valence-corrected chi connectivity index (χ0v) is 35.8. The Morgan fingerprint density at radius 3 is 1.22 bits per heavy atom. The Bertz CT molecular complexity index is 3920. The fraction of sp³-hybridized carbons (Fsp3) is 0. The van der Waals surface area contributed by atoms with Crippen LogP contribution in [0.15, 0.2) is 152 Å². The molecule has 64 heavy (non-hydrogen) atoms. The molecule has 16 nitrogen and oxygen atoms in total. The van der Waals surface area contributed by atoms with Gasteiger partial charge in [-0.05, 0) is 59.2 Å². The number of H-pyrrole nitrogens is 3. The summed E-state index contributed by atoms with van der Waals surface area (Å²) in [6.07, 6.45) is 0. The second-order valence-corrected chi connectivity index (χ2v) is 19.9. The minimum absolute atomic E-state index is 0.00862. The van der Waals surface area contributed by atoms with Gasteiger partial charge in [0.25, 0.3) is 40.5 Å². The van der Waals surface area contributed by atoms with E-state index in [-0.39, 0.29) is 50.5 Å². The van der Waals surface area contributed by atoms with Gasteiger partial charge in [-0.2, -0.15) is 33.7 Å². The second-order valence-electron chi connectivity index (χ2n) is 14.5. The molecule has 1 aliphatic rings. The zero-order valence-electron chi connectivity index (χ0n) is 32.6. The third-order valence-corrected chi connectivity index (χ3v) is 14.3. The summed E-state index contributed by atoms with van der Waals surface area (Å²) in [7, 11) is -21.7. The van der Waals surface area contributed by atoms with E-state index in [2.05, 4.69) is 15.0 Å². The predicted octanol–water partition coefficient (Wildman–Crippen LogP) is 3.95. The van der Waals surface area contributed by atoms with Crippen molar-refractivity contribution < 1.29 is 51.9 Å². The van der Waals surface area contributed by atoms with Gasteiger partial charge >= 0.3 is 0 Å². The Kier molecular flexibility index (Phi) is 10.2. The highest BCUT2D eigenvalue weighted by Crippen LogP contribution is 2.47. The standard InChI is InChI=1S/C44H32N4O12S4/c49-61(50,51)41-31-21-22-33(45-31)42(62(52,53)54)35-25-30(26-13-5-1-6-14-26)38(47-35)44(64(58,59)60)40-37(28-17-9-3-10-18-28)36(27-15-7-2-8-16-27)39(48(40)29-19-11-4-12-20-29)43(63(55,56)57)34-24-23-32(41)46-34/h1-25,45-47H,(H,49,50,51)(H,52,53,54)(H,55,56,57)(H,58,59,60). The third kappa shape index (κ3) is 7.46. The van der Waals surface area contributed by atoms with Gasteiger partial charge in [0.1, 0.15) is 19.6 Å². The molecule has 0 unspecified atom stereocenters. The molecule has 0 saturated heterocycles. The van der Waals surface area contributed by atoms with Crippen LogP contribution >= 0.6 is 0 Å². The van der Waals surface area contributed by atoms with Gasteiger partial charge in [-0.1, -0.05) is 109 Å². The molecule has 8 aromatic rings. The molecular weight excluding hydrogens is 905 g/mol. The molecule has 1 aliphatic heterocycles. The number of aromatic amines is 3. The van der Waals surface area contributed by atoms with Gasteiger partial charge in [0.2, 0.25) is 0 Å². The molecule has 9 rings (SSSR count). The van der Waals surface area contributed by atoms with Crippen molar-refractivity contribution in [3.63, 3.8) is 0 Å². The Labute approximate surface area is 364 Å². The fourth-order valence-corrected chi connectivity index (χ4v) is 11.4. The van der Waals surface area contributed by atoms with Crippen molar-refractivity contribution >= 4 is 60.1 Å². The molecule has 0 saturated carbocycles. The highest BCUT2D eigenvalue weighted by molar-refractivity contribution is 7.96. The monoisotopic (exact) mass is 936 g/mol. The lowest BCUT2D eigenvalue weighted by atomic mass is 9.94. The number of aromatic nitrogens is 4. The molecule has 8 bridgehead atoms. The van der Waals surface area contributed by atoms with Crippen LogP contribution in [-0.4, -0.2) is 71.4 Å². The van der Waals surface area contributed by atoms with Crippen molar-refractivity contribution in [2.45, 2.75) is 0 Å². The van der Waals surface area contributed by atoms with E-state index in [4.69, 9.17) is 0 Å². The number of nitrogens with one attached hydrogen (secondary N) is 3. The smallest absolute Gasteiger partial charge is 0.298 e. The van der Waals surface area contributed by atoms with Crippen LogP contribution in [-0.2, 0) is 40.5 Å². The Hall–Kier alpha value is -6.88. The van der Waals surface area contributed by atoms with Crippen molar-refractivity contribution in [2.24, 2.45) is 0 Å². The lowest BCUT2D eigenvalue weighted by Gasteiger charge is -2.17. The van der Waals surface area contributed by atoms with E-state index in [0.717, 1.165) is 24.3 Å². The number of hydrogen-bond donors (Lipinski definition) is 7. The minimum atomic E-state index is -5.58. The number of fused-ring (bicyclic) bond motifs is 8. The predicted molar refractivity (Wildman–Crippen MR) is 239 cm³/mol. The van der Waals surface area contributed by atoms with Gasteiger partial charge in [0, 0.05) is 22.4 Å². The maximum Gasteiger partial charge on any atom is 0.298 e. The summed E-state index contributed by atoms with van der Waals surface area (Å²) in [4.78, 5) is 4.53. The van der Waals surface area contributed by atoms with Crippen LogP contribution in [0.25, 0.3) is 58.7 Å². The van der Waals surface area contributed by atoms with Crippen LogP contribution in [0.1, 0.15) is 22.8 Å². The van der Waals surface area contributed by atoms with Crippen molar-refractivity contribution in [1.29, 1.82) is 0 Å². The summed E-state index contributed by atoms with van der Waals surface area (Å²) in [5.74, 6) is 0. The topological polar surface area (TPSA) is 270 Å². The normalized spacial score (nSPS) is 13.7. The van der Waals surface area contributed by atoms with Gasteiger partial charge in [-0.3, -0.25) is 18.2 Å². The Morgan fingerprint density at radius 2 is 0.766 bits per heavy atom. The molecular formula is C44H32N4O12S4. The van der Waals surface area contributed by atoms with Crippen LogP contribution in [0, 0.1) is 0 Å². The van der Waals surface area contributed by atoms with Gasteiger partial charge in [-0.15, -0.1) is 0 Å². The van der Waals surface area contributed by atoms with Gasteiger partial charge < -0.3 is 19.5 Å². The minimum Gasteiger partial charge on any atom is -0.353 e. The van der Waals surface area contributed by atoms with E-state index >= 15 is 0 Å². The highest BCUT2D eigenvalue weighted by atomic mass is 32.2. The quantitative estimate of drug-likeness (QED) is 0.107. The summed E-state index contributed by atoms with van der Waals surface area (Å²) < 4.78 is 157. The van der Waals surface area contributed by atoms with Crippen LogP contribution in [0.5, 0.6) is 0 Å². The lowest BCUT2D eigenvalue weighted by molar-refractivity contribution is 0.493. The average Bonchev–Trinajstić information content (AvgIpc) is 4.05. The fourth-order valence-electron chi connectivity index (χ4n) is 8.13. The Morgan fingerprint density at radius 1 is 0.375 bits per heavy atom. The van der Waals surface area contributed by atoms with E-state index in [1.54, 1.807) is 109 Å². The van der Waals surface area contributed by atoms with Gasteiger partial charge in [0.05, 0.1) is 44.2 Å². The number of benzene rings is 4. The maximum atomic E-state index is 14.6. The Balaban J connectivity index is 1.74. The molecule has 5 heterocycles. The summed E-state index contributed by atoms with van der Waals surface area (Å²) in [5, 5.41) is -1.81. The number of nitrogens with zero attached hydrogens (tertiary/aromatic N) is 1. The second kappa shape index (κ2) is 15.4. The van der Waals surface area contributed by atoms with E-state index in [1.165, 1.54) is 22.8 Å². The largest absolute Gasteiger partial charge is 0.353 e. The number of para-hydroxylation sites is 1. The first kappa shape index (κ1) is 42.4. The van der Waals surface area contributed by atoms with Crippen molar-refractivity contribution in [2.75, 3.05) is 0 Å². The van der Waals surface area contributed by atoms with Crippen LogP contribution in [0.2, 0.25) is 0 Å². The lowest BCUT2D eigenvalue weighted by Crippen LogP contribution is -2.26. The molecule has 0 fully saturated rings. The SMILES string of the molecule is O=S(=O)(O)C1=c2ccc([nH]2)=C(S(=O)(=O)O)c2c(-c3ccccc3)c(-c3ccccc3)c(n2-c2ccccc2)C(S(=O)(=O)O)=c2[nH]c(cc2-c2ccccc2)=C(S(=O)(=O)O)c2ccc1[nH]2. The van der Waals surface area contributed by atoms with Crippen molar-refractivity contribution in [1.82, 2.24) is 19.5 Å². The third-order valence-electron chi connectivity index (χ3n) is 10.5. The van der Waals surface area contributed by atoms with E-state index in [9.17, 15) is 51.9 Å².